The van der Waals surface area contributed by atoms with Crippen LogP contribution in [0.15, 0.2) is 10.2 Å². The molecule has 152 valence electrons. The lowest BCUT2D eigenvalue weighted by atomic mass is 10.1. The zero-order chi connectivity index (χ0) is 20.4. The average Bonchev–Trinajstić information content (AvgIpc) is 2.62. The molecule has 2 N–H and O–H groups in total. The van der Waals surface area contributed by atoms with Crippen molar-refractivity contribution in [3.63, 3.8) is 0 Å². The Hall–Kier alpha value is -1.86. The van der Waals surface area contributed by atoms with Gasteiger partial charge in [-0.3, -0.25) is 0 Å². The van der Waals surface area contributed by atoms with Gasteiger partial charge < -0.3 is 20.4 Å². The first-order chi connectivity index (χ1) is 12.1. The number of azo groups is 1. The van der Waals surface area contributed by atoms with E-state index >= 15 is 0 Å². The first-order valence-corrected chi connectivity index (χ1v) is 9.72. The molecule has 0 fully saturated rings. The van der Waals surface area contributed by atoms with E-state index in [4.69, 9.17) is 0 Å². The highest BCUT2D eigenvalue weighted by molar-refractivity contribution is 5.75. The van der Waals surface area contributed by atoms with E-state index < -0.39 is 11.3 Å². The van der Waals surface area contributed by atoms with E-state index in [1.807, 2.05) is 55.4 Å². The fraction of sp³-hybridized carbons (Fsp3) is 0.889. The van der Waals surface area contributed by atoms with E-state index in [9.17, 15) is 9.59 Å². The quantitative estimate of drug-likeness (QED) is 0.573. The molecule has 2 unspecified atom stereocenters. The molecule has 0 aliphatic heterocycles. The Kier molecular flexibility index (Phi) is 10.2. The van der Waals surface area contributed by atoms with E-state index in [1.54, 1.807) is 9.80 Å². The van der Waals surface area contributed by atoms with E-state index in [0.29, 0.717) is 39.0 Å². The molecule has 0 aromatic rings. The molecule has 0 rings (SSSR count). The molecule has 8 heteroatoms. The third kappa shape index (κ3) is 7.17. The lowest BCUT2D eigenvalue weighted by Gasteiger charge is -2.31. The SMILES string of the molecule is CCN(CC)C(=O)NC(C)(CC)/N=N/C(C)(CC)NC(=O)N(CC)CC. The van der Waals surface area contributed by atoms with Crippen LogP contribution in [0.4, 0.5) is 9.59 Å². The molecular weight excluding hydrogens is 332 g/mol. The Morgan fingerprint density at radius 1 is 0.692 bits per heavy atom. The second-order valence-electron chi connectivity index (χ2n) is 6.66. The van der Waals surface area contributed by atoms with Crippen molar-refractivity contribution in [2.24, 2.45) is 10.2 Å². The summed E-state index contributed by atoms with van der Waals surface area (Å²) in [5.74, 6) is 0. The Balaban J connectivity index is 5.26. The van der Waals surface area contributed by atoms with Crippen molar-refractivity contribution in [2.45, 2.75) is 79.6 Å². The molecule has 0 aliphatic rings. The summed E-state index contributed by atoms with van der Waals surface area (Å²) in [4.78, 5) is 28.1. The van der Waals surface area contributed by atoms with Crippen molar-refractivity contribution in [1.29, 1.82) is 0 Å². The van der Waals surface area contributed by atoms with Gasteiger partial charge in [0, 0.05) is 26.2 Å². The van der Waals surface area contributed by atoms with Gasteiger partial charge in [-0.25, -0.2) is 9.59 Å². The molecule has 8 nitrogen and oxygen atoms in total. The van der Waals surface area contributed by atoms with Crippen LogP contribution in [-0.4, -0.2) is 59.4 Å². The van der Waals surface area contributed by atoms with Gasteiger partial charge in [-0.05, 0) is 54.4 Å². The zero-order valence-corrected chi connectivity index (χ0v) is 17.8. The normalized spacial score (nSPS) is 15.8. The van der Waals surface area contributed by atoms with Gasteiger partial charge in [-0.15, -0.1) is 0 Å². The number of nitrogens with zero attached hydrogens (tertiary/aromatic N) is 4. The van der Waals surface area contributed by atoms with Crippen LogP contribution in [0.25, 0.3) is 0 Å². The van der Waals surface area contributed by atoms with Crippen molar-refractivity contribution < 1.29 is 9.59 Å². The summed E-state index contributed by atoms with van der Waals surface area (Å²) in [6, 6.07) is -0.327. The summed E-state index contributed by atoms with van der Waals surface area (Å²) in [7, 11) is 0. The van der Waals surface area contributed by atoms with Gasteiger partial charge in [-0.2, -0.15) is 10.2 Å². The fourth-order valence-corrected chi connectivity index (χ4v) is 2.23. The molecule has 0 saturated heterocycles. The van der Waals surface area contributed by atoms with Crippen LogP contribution in [0, 0.1) is 0 Å². The van der Waals surface area contributed by atoms with Crippen LogP contribution < -0.4 is 10.6 Å². The summed E-state index contributed by atoms with van der Waals surface area (Å²) >= 11 is 0. The molecule has 0 spiro atoms. The van der Waals surface area contributed by atoms with Gasteiger partial charge in [0.05, 0.1) is 0 Å². The molecule has 0 heterocycles. The van der Waals surface area contributed by atoms with Crippen molar-refractivity contribution >= 4 is 12.1 Å². The summed E-state index contributed by atoms with van der Waals surface area (Å²) in [5, 5.41) is 14.7. The summed E-state index contributed by atoms with van der Waals surface area (Å²) in [6.07, 6.45) is 1.18. The molecule has 4 amide bonds. The average molecular weight is 371 g/mol. The lowest BCUT2D eigenvalue weighted by molar-refractivity contribution is 0.179. The van der Waals surface area contributed by atoms with Crippen LogP contribution in [0.1, 0.15) is 68.2 Å². The Morgan fingerprint density at radius 3 is 1.15 bits per heavy atom. The molecule has 0 aromatic heterocycles. The number of carbonyl (C=O) groups is 2. The topological polar surface area (TPSA) is 89.4 Å². The van der Waals surface area contributed by atoms with Crippen molar-refractivity contribution in [3.05, 3.63) is 0 Å². The molecule has 0 bridgehead atoms. The lowest BCUT2D eigenvalue weighted by Crippen LogP contribution is -2.52. The van der Waals surface area contributed by atoms with Crippen molar-refractivity contribution in [2.75, 3.05) is 26.2 Å². The third-order valence-electron chi connectivity index (χ3n) is 4.72. The monoisotopic (exact) mass is 370 g/mol. The first-order valence-electron chi connectivity index (χ1n) is 9.72. The smallest absolute Gasteiger partial charge is 0.319 e. The Morgan fingerprint density at radius 2 is 0.962 bits per heavy atom. The Bertz CT molecular complexity index is 434. The number of carbonyl (C=O) groups excluding carboxylic acids is 2. The van der Waals surface area contributed by atoms with E-state index in [0.717, 1.165) is 0 Å². The molecule has 2 atom stereocenters. The second-order valence-corrected chi connectivity index (χ2v) is 6.66. The van der Waals surface area contributed by atoms with Gasteiger partial charge in [0.1, 0.15) is 0 Å². The minimum absolute atomic E-state index is 0.163. The van der Waals surface area contributed by atoms with Crippen LogP contribution in [0.2, 0.25) is 0 Å². The van der Waals surface area contributed by atoms with Crippen LogP contribution in [0.3, 0.4) is 0 Å². The molecule has 0 radical (unpaired) electrons. The predicted octanol–water partition coefficient (Wildman–Crippen LogP) is 3.79. The molecule has 0 aromatic carbocycles. The van der Waals surface area contributed by atoms with Gasteiger partial charge >= 0.3 is 12.1 Å². The molecular formula is C18H38N6O2. The zero-order valence-electron chi connectivity index (χ0n) is 17.8. The minimum atomic E-state index is -0.823. The van der Waals surface area contributed by atoms with Crippen molar-refractivity contribution in [3.8, 4) is 0 Å². The maximum Gasteiger partial charge on any atom is 0.319 e. The van der Waals surface area contributed by atoms with E-state index in [1.165, 1.54) is 0 Å². The van der Waals surface area contributed by atoms with Gasteiger partial charge in [-0.1, -0.05) is 13.8 Å². The maximum atomic E-state index is 12.4. The van der Waals surface area contributed by atoms with Gasteiger partial charge in [0.2, 0.25) is 0 Å². The second kappa shape index (κ2) is 11.0. The molecule has 26 heavy (non-hydrogen) atoms. The van der Waals surface area contributed by atoms with Gasteiger partial charge in [0.15, 0.2) is 11.3 Å². The summed E-state index contributed by atoms with van der Waals surface area (Å²) in [6.45, 7) is 17.8. The van der Waals surface area contributed by atoms with Crippen LogP contribution in [0.5, 0.6) is 0 Å². The third-order valence-corrected chi connectivity index (χ3v) is 4.72. The minimum Gasteiger partial charge on any atom is -0.325 e. The summed E-state index contributed by atoms with van der Waals surface area (Å²) in [5.41, 5.74) is -1.65. The first kappa shape index (κ1) is 24.1. The van der Waals surface area contributed by atoms with Crippen molar-refractivity contribution in [1.82, 2.24) is 20.4 Å². The number of rotatable bonds is 10. The fourth-order valence-electron chi connectivity index (χ4n) is 2.23. The number of hydrogen-bond donors (Lipinski definition) is 2. The maximum absolute atomic E-state index is 12.4. The van der Waals surface area contributed by atoms with E-state index in [2.05, 4.69) is 20.9 Å². The predicted molar refractivity (Wildman–Crippen MR) is 105 cm³/mol. The highest BCUT2D eigenvalue weighted by Gasteiger charge is 2.30. The number of nitrogens with one attached hydrogen (secondary N) is 2. The number of hydrogen-bond acceptors (Lipinski definition) is 4. The van der Waals surface area contributed by atoms with E-state index in [-0.39, 0.29) is 12.1 Å². The highest BCUT2D eigenvalue weighted by atomic mass is 16.2. The number of amides is 4. The largest absolute Gasteiger partial charge is 0.325 e. The Labute approximate surface area is 158 Å². The highest BCUT2D eigenvalue weighted by Crippen LogP contribution is 2.19. The summed E-state index contributed by atoms with van der Waals surface area (Å²) < 4.78 is 0. The molecule has 0 saturated carbocycles. The standard InChI is InChI=1S/C18H38N6O2/c1-9-17(7,19-15(25)23(11-3)12-4)21-22-18(8,10-2)20-16(26)24(13-5)14-6/h9-14H2,1-8H3,(H,19,25)(H,20,26)/b22-21+. The van der Waals surface area contributed by atoms with Gasteiger partial charge in [0.25, 0.3) is 0 Å². The number of urea groups is 2. The molecule has 0 aliphatic carbocycles. The van der Waals surface area contributed by atoms with Crippen LogP contribution >= 0.6 is 0 Å². The van der Waals surface area contributed by atoms with Crippen LogP contribution in [-0.2, 0) is 0 Å².